The highest BCUT2D eigenvalue weighted by atomic mass is 32.1. The van der Waals surface area contributed by atoms with Gasteiger partial charge >= 0.3 is 0 Å². The summed E-state index contributed by atoms with van der Waals surface area (Å²) in [6.45, 7) is 0.509. The van der Waals surface area contributed by atoms with Crippen LogP contribution in [0.5, 0.6) is 0 Å². The van der Waals surface area contributed by atoms with Crippen molar-refractivity contribution in [3.63, 3.8) is 0 Å². The van der Waals surface area contributed by atoms with Gasteiger partial charge < -0.3 is 15.6 Å². The molecule has 6 nitrogen and oxygen atoms in total. The molecular formula is C16H16N4O2S. The molecule has 2 heterocycles. The number of thiophene rings is 1. The molecule has 0 unspecified atom stereocenters. The number of aromatic amines is 1. The average molecular weight is 328 g/mol. The van der Waals surface area contributed by atoms with Gasteiger partial charge in [-0.3, -0.25) is 9.59 Å². The molecule has 0 aliphatic rings. The number of fused-ring (bicyclic) bond motifs is 1. The van der Waals surface area contributed by atoms with E-state index in [1.165, 1.54) is 11.3 Å². The van der Waals surface area contributed by atoms with Crippen molar-refractivity contribution in [1.29, 1.82) is 0 Å². The Labute approximate surface area is 136 Å². The maximum Gasteiger partial charge on any atom is 0.259 e. The van der Waals surface area contributed by atoms with Crippen LogP contribution in [0, 0.1) is 0 Å². The second-order valence-corrected chi connectivity index (χ2v) is 6.02. The molecule has 3 N–H and O–H groups in total. The Hall–Kier alpha value is -2.51. The second-order valence-electron chi connectivity index (χ2n) is 4.98. The molecule has 0 radical (unpaired) electrons. The summed E-state index contributed by atoms with van der Waals surface area (Å²) in [5.74, 6) is 0.406. The van der Waals surface area contributed by atoms with Crippen LogP contribution in [0.15, 0.2) is 41.2 Å². The Bertz CT molecular complexity index is 886. The number of amides is 1. The molecule has 0 aliphatic heterocycles. The molecular weight excluding hydrogens is 312 g/mol. The molecule has 0 saturated heterocycles. The summed E-state index contributed by atoms with van der Waals surface area (Å²) in [6, 6.07) is 11.8. The van der Waals surface area contributed by atoms with E-state index in [9.17, 15) is 9.59 Å². The largest absolute Gasteiger partial charge is 0.358 e. The van der Waals surface area contributed by atoms with E-state index in [1.54, 1.807) is 7.05 Å². The van der Waals surface area contributed by atoms with Gasteiger partial charge in [0.1, 0.15) is 10.7 Å². The van der Waals surface area contributed by atoms with Gasteiger partial charge in [-0.2, -0.15) is 0 Å². The quantitative estimate of drug-likeness (QED) is 0.662. The molecule has 0 fully saturated rings. The average Bonchev–Trinajstić information content (AvgIpc) is 3.00. The number of carbonyl (C=O) groups is 1. The van der Waals surface area contributed by atoms with E-state index in [0.717, 1.165) is 10.4 Å². The third-order valence-corrected chi connectivity index (χ3v) is 4.44. The molecule has 1 amide bonds. The first kappa shape index (κ1) is 15.4. The van der Waals surface area contributed by atoms with E-state index in [1.807, 2.05) is 36.4 Å². The molecule has 3 aromatic rings. The Balaban J connectivity index is 1.86. The summed E-state index contributed by atoms with van der Waals surface area (Å²) >= 11 is 1.48. The zero-order valence-electron chi connectivity index (χ0n) is 12.6. The summed E-state index contributed by atoms with van der Waals surface area (Å²) in [7, 11) is 1.58. The Kier molecular flexibility index (Phi) is 4.50. The van der Waals surface area contributed by atoms with E-state index in [0.29, 0.717) is 22.6 Å². The van der Waals surface area contributed by atoms with Crippen LogP contribution >= 0.6 is 11.3 Å². The smallest absolute Gasteiger partial charge is 0.259 e. The molecule has 23 heavy (non-hydrogen) atoms. The van der Waals surface area contributed by atoms with Crippen molar-refractivity contribution in [1.82, 2.24) is 20.6 Å². The normalized spacial score (nSPS) is 10.8. The SMILES string of the molecule is CNC(=O)CNCc1nc2sc(-c3ccccc3)cc2c(=O)[nH]1. The minimum absolute atomic E-state index is 0.115. The van der Waals surface area contributed by atoms with Crippen LogP contribution in [0.2, 0.25) is 0 Å². The van der Waals surface area contributed by atoms with Crippen LogP contribution in [0.3, 0.4) is 0 Å². The predicted octanol–water partition coefficient (Wildman–Crippen LogP) is 1.49. The van der Waals surface area contributed by atoms with Crippen LogP contribution in [0.4, 0.5) is 0 Å². The zero-order chi connectivity index (χ0) is 16.2. The number of H-pyrrole nitrogens is 1. The van der Waals surface area contributed by atoms with Crippen molar-refractivity contribution in [2.75, 3.05) is 13.6 Å². The molecule has 0 saturated carbocycles. The number of benzene rings is 1. The van der Waals surface area contributed by atoms with Crippen molar-refractivity contribution in [2.24, 2.45) is 0 Å². The third-order valence-electron chi connectivity index (χ3n) is 3.37. The van der Waals surface area contributed by atoms with Gasteiger partial charge in [0.15, 0.2) is 0 Å². The fourth-order valence-electron chi connectivity index (χ4n) is 2.19. The number of nitrogens with one attached hydrogen (secondary N) is 3. The van der Waals surface area contributed by atoms with E-state index in [4.69, 9.17) is 0 Å². The molecule has 0 spiro atoms. The third kappa shape index (κ3) is 3.46. The lowest BCUT2D eigenvalue weighted by molar-refractivity contribution is -0.119. The topological polar surface area (TPSA) is 86.9 Å². The minimum Gasteiger partial charge on any atom is -0.358 e. The molecule has 7 heteroatoms. The van der Waals surface area contributed by atoms with Gasteiger partial charge in [0.05, 0.1) is 18.5 Å². The van der Waals surface area contributed by atoms with Crippen LogP contribution in [0.25, 0.3) is 20.7 Å². The molecule has 0 aliphatic carbocycles. The van der Waals surface area contributed by atoms with Crippen LogP contribution in [-0.2, 0) is 11.3 Å². The number of likely N-dealkylation sites (N-methyl/N-ethyl adjacent to an activating group) is 1. The van der Waals surface area contributed by atoms with E-state index >= 15 is 0 Å². The van der Waals surface area contributed by atoms with Gasteiger partial charge in [0.2, 0.25) is 5.91 Å². The monoisotopic (exact) mass is 328 g/mol. The first-order valence-electron chi connectivity index (χ1n) is 7.17. The Morgan fingerprint density at radius 2 is 2.09 bits per heavy atom. The highest BCUT2D eigenvalue weighted by molar-refractivity contribution is 7.21. The van der Waals surface area contributed by atoms with Crippen molar-refractivity contribution < 1.29 is 4.79 Å². The molecule has 1 aromatic carbocycles. The maximum absolute atomic E-state index is 12.2. The summed E-state index contributed by atoms with van der Waals surface area (Å²) in [5, 5.41) is 6.05. The molecule has 118 valence electrons. The summed E-state index contributed by atoms with van der Waals surface area (Å²) in [5.41, 5.74) is 0.902. The van der Waals surface area contributed by atoms with Gasteiger partial charge in [0.25, 0.3) is 5.56 Å². The fraction of sp³-hybridized carbons (Fsp3) is 0.188. The number of nitrogens with zero attached hydrogens (tertiary/aromatic N) is 1. The van der Waals surface area contributed by atoms with Gasteiger partial charge in [-0.25, -0.2) is 4.98 Å². The van der Waals surface area contributed by atoms with Crippen LogP contribution in [0.1, 0.15) is 5.82 Å². The number of rotatable bonds is 5. The van der Waals surface area contributed by atoms with E-state index in [-0.39, 0.29) is 18.0 Å². The van der Waals surface area contributed by atoms with Crippen LogP contribution < -0.4 is 16.2 Å². The molecule has 0 atom stereocenters. The number of aromatic nitrogens is 2. The highest BCUT2D eigenvalue weighted by Gasteiger charge is 2.10. The number of carbonyl (C=O) groups excluding carboxylic acids is 1. The minimum atomic E-state index is -0.162. The number of hydrogen-bond acceptors (Lipinski definition) is 5. The summed E-state index contributed by atoms with van der Waals surface area (Å²) in [4.78, 5) is 32.3. The standard InChI is InChI=1S/C16H16N4O2S/c1-17-14(21)9-18-8-13-19-15(22)11-7-12(23-16(11)20-13)10-5-3-2-4-6-10/h2-7,18H,8-9H2,1H3,(H,17,21)(H,19,20,22). The van der Waals surface area contributed by atoms with Crippen molar-refractivity contribution in [3.8, 4) is 10.4 Å². The van der Waals surface area contributed by atoms with Crippen molar-refractivity contribution >= 4 is 27.5 Å². The van der Waals surface area contributed by atoms with Gasteiger partial charge in [0, 0.05) is 11.9 Å². The van der Waals surface area contributed by atoms with E-state index < -0.39 is 0 Å². The molecule has 0 bridgehead atoms. The van der Waals surface area contributed by atoms with Crippen molar-refractivity contribution in [3.05, 3.63) is 52.6 Å². The Morgan fingerprint density at radius 1 is 1.30 bits per heavy atom. The first-order chi connectivity index (χ1) is 11.2. The molecule has 2 aromatic heterocycles. The lowest BCUT2D eigenvalue weighted by Crippen LogP contribution is -2.31. The van der Waals surface area contributed by atoms with Gasteiger partial charge in [-0.05, 0) is 11.6 Å². The predicted molar refractivity (Wildman–Crippen MR) is 91.5 cm³/mol. The lowest BCUT2D eigenvalue weighted by atomic mass is 10.2. The van der Waals surface area contributed by atoms with Crippen LogP contribution in [-0.4, -0.2) is 29.5 Å². The van der Waals surface area contributed by atoms with Gasteiger partial charge in [-0.1, -0.05) is 30.3 Å². The highest BCUT2D eigenvalue weighted by Crippen LogP contribution is 2.30. The maximum atomic E-state index is 12.2. The lowest BCUT2D eigenvalue weighted by Gasteiger charge is -2.03. The molecule has 3 rings (SSSR count). The Morgan fingerprint density at radius 3 is 2.83 bits per heavy atom. The summed E-state index contributed by atoms with van der Waals surface area (Å²) < 4.78 is 0. The first-order valence-corrected chi connectivity index (χ1v) is 7.98. The van der Waals surface area contributed by atoms with E-state index in [2.05, 4.69) is 20.6 Å². The fourth-order valence-corrected chi connectivity index (χ4v) is 3.24. The summed E-state index contributed by atoms with van der Waals surface area (Å²) in [6.07, 6.45) is 0. The zero-order valence-corrected chi connectivity index (χ0v) is 13.4. The second kappa shape index (κ2) is 6.72. The number of hydrogen-bond donors (Lipinski definition) is 3. The van der Waals surface area contributed by atoms with Crippen molar-refractivity contribution in [2.45, 2.75) is 6.54 Å². The van der Waals surface area contributed by atoms with Gasteiger partial charge in [-0.15, -0.1) is 11.3 Å².